The minimum absolute atomic E-state index is 0.00409. The first-order valence-corrected chi connectivity index (χ1v) is 8.64. The molecule has 0 bridgehead atoms. The van der Waals surface area contributed by atoms with Crippen LogP contribution in [0.15, 0.2) is 37.0 Å². The summed E-state index contributed by atoms with van der Waals surface area (Å²) >= 11 is 0. The van der Waals surface area contributed by atoms with Crippen LogP contribution in [0.4, 0.5) is 0 Å². The third-order valence-corrected chi connectivity index (χ3v) is 6.03. The van der Waals surface area contributed by atoms with Crippen LogP contribution in [0.1, 0.15) is 38.5 Å². The lowest BCUT2D eigenvalue weighted by Crippen LogP contribution is -2.35. The molecule has 4 nitrogen and oxygen atoms in total. The lowest BCUT2D eigenvalue weighted by Gasteiger charge is -2.36. The molecule has 4 aliphatic rings. The summed E-state index contributed by atoms with van der Waals surface area (Å²) in [6.45, 7) is 11.9. The molecule has 23 heavy (non-hydrogen) atoms. The van der Waals surface area contributed by atoms with Gasteiger partial charge in [-0.25, -0.2) is 0 Å². The van der Waals surface area contributed by atoms with Gasteiger partial charge in [-0.1, -0.05) is 19.7 Å². The zero-order chi connectivity index (χ0) is 16.1. The molecule has 6 atom stereocenters. The molecule has 2 saturated carbocycles. The fourth-order valence-electron chi connectivity index (χ4n) is 4.76. The van der Waals surface area contributed by atoms with Gasteiger partial charge in [-0.15, -0.1) is 0 Å². The van der Waals surface area contributed by atoms with E-state index >= 15 is 0 Å². The van der Waals surface area contributed by atoms with Gasteiger partial charge in [-0.05, 0) is 38.5 Å². The molecule has 5 unspecified atom stereocenters. The summed E-state index contributed by atoms with van der Waals surface area (Å²) in [7, 11) is 0. The predicted octanol–water partition coefficient (Wildman–Crippen LogP) is 3.70. The van der Waals surface area contributed by atoms with E-state index in [-0.39, 0.29) is 30.0 Å². The van der Waals surface area contributed by atoms with Crippen molar-refractivity contribution in [1.29, 1.82) is 0 Å². The van der Waals surface area contributed by atoms with Gasteiger partial charge < -0.3 is 14.2 Å². The van der Waals surface area contributed by atoms with Crippen LogP contribution in [0, 0.1) is 23.7 Å². The number of allylic oxidation sites excluding steroid dienone is 3. The molecule has 4 fully saturated rings. The van der Waals surface area contributed by atoms with Gasteiger partial charge in [-0.3, -0.25) is 4.79 Å². The molecule has 0 radical (unpaired) electrons. The molecule has 0 spiro atoms. The molecule has 0 aromatic heterocycles. The summed E-state index contributed by atoms with van der Waals surface area (Å²) in [5.74, 6) is 3.16. The van der Waals surface area contributed by atoms with E-state index in [1.165, 1.54) is 0 Å². The highest BCUT2D eigenvalue weighted by Gasteiger charge is 2.46. The number of carbonyl (C=O) groups is 1. The van der Waals surface area contributed by atoms with Crippen LogP contribution < -0.4 is 0 Å². The zero-order valence-corrected chi connectivity index (χ0v) is 13.5. The molecule has 0 aromatic carbocycles. The monoisotopic (exact) mass is 316 g/mol. The maximum absolute atomic E-state index is 11.8. The molecule has 2 aliphatic heterocycles. The first-order valence-electron chi connectivity index (χ1n) is 8.64. The quantitative estimate of drug-likeness (QED) is 0.729. The number of hydrogen-bond donors (Lipinski definition) is 0. The van der Waals surface area contributed by atoms with Gasteiger partial charge in [0.1, 0.15) is 17.3 Å². The van der Waals surface area contributed by atoms with Gasteiger partial charge in [0.05, 0.1) is 18.1 Å². The van der Waals surface area contributed by atoms with Gasteiger partial charge >= 0.3 is 5.97 Å². The Balaban J connectivity index is 1.36. The summed E-state index contributed by atoms with van der Waals surface area (Å²) < 4.78 is 17.2. The normalized spacial score (nSPS) is 43.0. The van der Waals surface area contributed by atoms with E-state index in [2.05, 4.69) is 19.7 Å². The van der Waals surface area contributed by atoms with Crippen molar-refractivity contribution >= 4 is 5.97 Å². The molecule has 4 rings (SSSR count). The van der Waals surface area contributed by atoms with E-state index in [9.17, 15) is 4.79 Å². The van der Waals surface area contributed by atoms with Crippen molar-refractivity contribution in [2.75, 3.05) is 0 Å². The van der Waals surface area contributed by atoms with Crippen molar-refractivity contribution in [2.45, 2.75) is 50.7 Å². The van der Waals surface area contributed by atoms with E-state index in [0.29, 0.717) is 17.6 Å². The Morgan fingerprint density at radius 3 is 1.96 bits per heavy atom. The maximum Gasteiger partial charge on any atom is 0.314 e. The van der Waals surface area contributed by atoms with Gasteiger partial charge in [-0.2, -0.15) is 0 Å². The number of ether oxygens (including phenoxy) is 3. The highest BCUT2D eigenvalue weighted by molar-refractivity contribution is 5.77. The summed E-state index contributed by atoms with van der Waals surface area (Å²) in [6, 6.07) is 0. The van der Waals surface area contributed by atoms with Gasteiger partial charge in [0, 0.05) is 17.8 Å². The Bertz CT molecular complexity index is 528. The molecular formula is C19H24O4. The second kappa shape index (κ2) is 5.52. The maximum atomic E-state index is 11.8. The number of rotatable bonds is 2. The van der Waals surface area contributed by atoms with Crippen molar-refractivity contribution in [1.82, 2.24) is 0 Å². The predicted molar refractivity (Wildman–Crippen MR) is 84.9 cm³/mol. The van der Waals surface area contributed by atoms with Crippen molar-refractivity contribution < 1.29 is 19.0 Å². The average Bonchev–Trinajstić information content (AvgIpc) is 2.96. The highest BCUT2D eigenvalue weighted by Crippen LogP contribution is 2.48. The molecule has 2 aliphatic carbocycles. The topological polar surface area (TPSA) is 44.8 Å². The van der Waals surface area contributed by atoms with E-state index in [1.54, 1.807) is 0 Å². The molecule has 0 aromatic rings. The van der Waals surface area contributed by atoms with E-state index in [4.69, 9.17) is 14.2 Å². The van der Waals surface area contributed by atoms with Gasteiger partial charge in [0.2, 0.25) is 0 Å². The molecular weight excluding hydrogens is 292 g/mol. The average molecular weight is 316 g/mol. The summed E-state index contributed by atoms with van der Waals surface area (Å²) in [4.78, 5) is 11.8. The molecule has 0 N–H and O–H groups in total. The van der Waals surface area contributed by atoms with Crippen LogP contribution in [0.5, 0.6) is 0 Å². The molecule has 0 amide bonds. The Labute approximate surface area is 137 Å². The number of carbonyl (C=O) groups excluding carboxylic acids is 1. The number of cyclic esters (lactones) is 1. The van der Waals surface area contributed by atoms with E-state index < -0.39 is 0 Å². The van der Waals surface area contributed by atoms with Gasteiger partial charge in [0.25, 0.3) is 0 Å². The van der Waals surface area contributed by atoms with Crippen LogP contribution in [0.3, 0.4) is 0 Å². The Morgan fingerprint density at radius 2 is 1.26 bits per heavy atom. The van der Waals surface area contributed by atoms with E-state index in [0.717, 1.165) is 50.0 Å². The lowest BCUT2D eigenvalue weighted by molar-refractivity contribution is -0.140. The first kappa shape index (κ1) is 15.0. The minimum atomic E-state index is -0.100. The van der Waals surface area contributed by atoms with Crippen LogP contribution in [-0.4, -0.2) is 18.2 Å². The molecule has 2 heterocycles. The SMILES string of the molecule is C=C1OC(=C)C2CC(OC3CC[C@@H]4C(=O)OC(=C)C4C3)CCC12. The number of hydrogen-bond acceptors (Lipinski definition) is 4. The third-order valence-electron chi connectivity index (χ3n) is 6.03. The second-order valence-electron chi connectivity index (χ2n) is 7.35. The van der Waals surface area contributed by atoms with Crippen molar-refractivity contribution in [2.24, 2.45) is 23.7 Å². The lowest BCUT2D eigenvalue weighted by atomic mass is 9.77. The van der Waals surface area contributed by atoms with Crippen LogP contribution in [0.2, 0.25) is 0 Å². The Kier molecular flexibility index (Phi) is 3.60. The molecule has 2 saturated heterocycles. The summed E-state index contributed by atoms with van der Waals surface area (Å²) in [5, 5.41) is 0. The fraction of sp³-hybridized carbons (Fsp3) is 0.632. The second-order valence-corrected chi connectivity index (χ2v) is 7.35. The number of esters is 1. The smallest absolute Gasteiger partial charge is 0.314 e. The highest BCUT2D eigenvalue weighted by atomic mass is 16.5. The van der Waals surface area contributed by atoms with Crippen molar-refractivity contribution in [3.05, 3.63) is 37.0 Å². The molecule has 124 valence electrons. The fourth-order valence-corrected chi connectivity index (χ4v) is 4.76. The minimum Gasteiger partial charge on any atom is -0.467 e. The Hall–Kier alpha value is -1.55. The summed E-state index contributed by atoms with van der Waals surface area (Å²) in [6.07, 6.45) is 6.13. The standard InChI is InChI=1S/C19H24O4/c1-10-15-6-4-13(8-17(15)11(2)21-10)23-14-5-7-16-18(9-14)12(3)22-19(16)20/h13-18H,1-9H2/t13?,14?,15?,16-,17?,18?/m0/s1. The summed E-state index contributed by atoms with van der Waals surface area (Å²) in [5.41, 5.74) is 0. The zero-order valence-electron chi connectivity index (χ0n) is 13.5. The largest absolute Gasteiger partial charge is 0.467 e. The number of fused-ring (bicyclic) bond motifs is 2. The van der Waals surface area contributed by atoms with Crippen LogP contribution in [0.25, 0.3) is 0 Å². The van der Waals surface area contributed by atoms with E-state index in [1.807, 2.05) is 0 Å². The molecule has 4 heteroatoms. The van der Waals surface area contributed by atoms with Crippen molar-refractivity contribution in [3.63, 3.8) is 0 Å². The van der Waals surface area contributed by atoms with Gasteiger partial charge in [0.15, 0.2) is 0 Å². The first-order chi connectivity index (χ1) is 11.0. The van der Waals surface area contributed by atoms with Crippen molar-refractivity contribution in [3.8, 4) is 0 Å². The Morgan fingerprint density at radius 1 is 0.739 bits per heavy atom. The third kappa shape index (κ3) is 2.53. The van der Waals surface area contributed by atoms with Crippen LogP contribution >= 0.6 is 0 Å². The van der Waals surface area contributed by atoms with Crippen LogP contribution in [-0.2, 0) is 19.0 Å².